The number of hydrogen-bond donors (Lipinski definition) is 1. The minimum atomic E-state index is -0.0400. The summed E-state index contributed by atoms with van der Waals surface area (Å²) in [6.07, 6.45) is 1.80. The summed E-state index contributed by atoms with van der Waals surface area (Å²) >= 11 is 0. The quantitative estimate of drug-likeness (QED) is 0.853. The number of hydrogen-bond acceptors (Lipinski definition) is 1. The Kier molecular flexibility index (Phi) is 6.00. The van der Waals surface area contributed by atoms with Crippen molar-refractivity contribution < 1.29 is 4.79 Å². The van der Waals surface area contributed by atoms with Gasteiger partial charge in [0.25, 0.3) is 0 Å². The minimum Gasteiger partial charge on any atom is -0.356 e. The van der Waals surface area contributed by atoms with Crippen molar-refractivity contribution in [2.75, 3.05) is 6.54 Å². The van der Waals surface area contributed by atoms with Crippen LogP contribution in [0.2, 0.25) is 0 Å². The molecule has 1 amide bonds. The molecule has 0 aromatic heterocycles. The van der Waals surface area contributed by atoms with Gasteiger partial charge in [-0.25, -0.2) is 0 Å². The van der Waals surface area contributed by atoms with Gasteiger partial charge in [-0.2, -0.15) is 0 Å². The van der Waals surface area contributed by atoms with Gasteiger partial charge in [0.15, 0.2) is 0 Å². The van der Waals surface area contributed by atoms with Crippen molar-refractivity contribution in [3.8, 4) is 0 Å². The lowest BCUT2D eigenvalue weighted by molar-refractivity contribution is -0.128. The van der Waals surface area contributed by atoms with E-state index < -0.39 is 0 Å². The van der Waals surface area contributed by atoms with E-state index in [0.717, 1.165) is 19.4 Å². The van der Waals surface area contributed by atoms with Gasteiger partial charge < -0.3 is 5.32 Å². The lowest BCUT2D eigenvalue weighted by Crippen LogP contribution is -2.40. The molecule has 118 valence electrons. The van der Waals surface area contributed by atoms with Gasteiger partial charge in [-0.05, 0) is 29.2 Å². The first-order valence-electron chi connectivity index (χ1n) is 7.91. The van der Waals surface area contributed by atoms with Crippen LogP contribution in [0.5, 0.6) is 0 Å². The molecule has 1 N–H and O–H groups in total. The van der Waals surface area contributed by atoms with E-state index in [1.807, 2.05) is 18.2 Å². The molecule has 0 fully saturated rings. The van der Waals surface area contributed by atoms with Gasteiger partial charge in [-0.3, -0.25) is 4.79 Å². The van der Waals surface area contributed by atoms with Gasteiger partial charge in [-0.15, -0.1) is 0 Å². The zero-order valence-corrected chi connectivity index (χ0v) is 14.5. The third-order valence-electron chi connectivity index (χ3n) is 3.82. The van der Waals surface area contributed by atoms with Crippen molar-refractivity contribution in [2.24, 2.45) is 16.7 Å². The van der Waals surface area contributed by atoms with E-state index in [4.69, 9.17) is 0 Å². The minimum absolute atomic E-state index is 0.000122. The van der Waals surface area contributed by atoms with Crippen LogP contribution in [0.3, 0.4) is 0 Å². The Morgan fingerprint density at radius 2 is 1.62 bits per heavy atom. The molecule has 1 atom stereocenters. The average Bonchev–Trinajstić information content (AvgIpc) is 2.34. The van der Waals surface area contributed by atoms with Crippen molar-refractivity contribution in [3.05, 3.63) is 35.9 Å². The van der Waals surface area contributed by atoms with E-state index >= 15 is 0 Å². The van der Waals surface area contributed by atoms with Crippen LogP contribution in [0, 0.1) is 16.7 Å². The highest BCUT2D eigenvalue weighted by atomic mass is 16.1. The van der Waals surface area contributed by atoms with Gasteiger partial charge >= 0.3 is 0 Å². The molecule has 0 aliphatic carbocycles. The van der Waals surface area contributed by atoms with Crippen LogP contribution in [0.25, 0.3) is 0 Å². The summed E-state index contributed by atoms with van der Waals surface area (Å²) in [6, 6.07) is 10.3. The van der Waals surface area contributed by atoms with E-state index in [0.29, 0.717) is 0 Å². The Hall–Kier alpha value is -1.31. The molecular weight excluding hydrogens is 258 g/mol. The lowest BCUT2D eigenvalue weighted by Gasteiger charge is -2.30. The molecule has 1 unspecified atom stereocenters. The predicted octanol–water partition coefficient (Wildman–Crippen LogP) is 4.44. The molecule has 0 bridgehead atoms. The summed E-state index contributed by atoms with van der Waals surface area (Å²) in [5, 5.41) is 3.13. The number of carbonyl (C=O) groups is 1. The molecule has 2 heteroatoms. The Morgan fingerprint density at radius 1 is 1.05 bits per heavy atom. The third-order valence-corrected chi connectivity index (χ3v) is 3.82. The summed E-state index contributed by atoms with van der Waals surface area (Å²) in [5.74, 6) is 0.176. The van der Waals surface area contributed by atoms with Gasteiger partial charge in [-0.1, -0.05) is 71.9 Å². The van der Waals surface area contributed by atoms with Crippen molar-refractivity contribution >= 4 is 5.91 Å². The fourth-order valence-electron chi connectivity index (χ4n) is 2.33. The zero-order valence-electron chi connectivity index (χ0n) is 14.5. The molecule has 0 radical (unpaired) electrons. The molecule has 1 rings (SSSR count). The van der Waals surface area contributed by atoms with Gasteiger partial charge in [0, 0.05) is 12.5 Å². The Morgan fingerprint density at radius 3 is 2.10 bits per heavy atom. The third kappa shape index (κ3) is 6.79. The predicted molar refractivity (Wildman–Crippen MR) is 90.2 cm³/mol. The molecule has 0 saturated carbocycles. The van der Waals surface area contributed by atoms with Gasteiger partial charge in [0.2, 0.25) is 5.91 Å². The molecule has 0 aliphatic rings. The largest absolute Gasteiger partial charge is 0.356 e. The number of amides is 1. The lowest BCUT2D eigenvalue weighted by atomic mass is 9.76. The van der Waals surface area contributed by atoms with Crippen LogP contribution < -0.4 is 5.32 Å². The smallest absolute Gasteiger partial charge is 0.223 e. The topological polar surface area (TPSA) is 29.1 Å². The molecule has 2 nitrogen and oxygen atoms in total. The number of carbonyl (C=O) groups excluding carboxylic acids is 1. The van der Waals surface area contributed by atoms with E-state index in [1.54, 1.807) is 0 Å². The normalized spacial score (nSPS) is 13.8. The fourth-order valence-corrected chi connectivity index (χ4v) is 2.33. The molecular formula is C19H31NO. The molecule has 1 aromatic rings. The first-order chi connectivity index (χ1) is 9.59. The first kappa shape index (κ1) is 17.7. The second-order valence-corrected chi connectivity index (χ2v) is 8.21. The fraction of sp³-hybridized carbons (Fsp3) is 0.632. The highest BCUT2D eigenvalue weighted by Gasteiger charge is 2.31. The molecule has 0 saturated heterocycles. The van der Waals surface area contributed by atoms with Crippen molar-refractivity contribution in [3.63, 3.8) is 0 Å². The van der Waals surface area contributed by atoms with E-state index in [-0.39, 0.29) is 22.7 Å². The maximum atomic E-state index is 12.6. The SMILES string of the molecule is CC(C)(C)CCNC(=O)C(Cc1ccccc1)C(C)(C)C. The Labute approximate surface area is 130 Å². The number of nitrogens with one attached hydrogen (secondary N) is 1. The maximum Gasteiger partial charge on any atom is 0.223 e. The summed E-state index contributed by atoms with van der Waals surface area (Å²) in [4.78, 5) is 12.6. The van der Waals surface area contributed by atoms with E-state index in [9.17, 15) is 4.79 Å². The van der Waals surface area contributed by atoms with Gasteiger partial charge in [0.1, 0.15) is 0 Å². The van der Waals surface area contributed by atoms with Crippen LogP contribution in [-0.2, 0) is 11.2 Å². The van der Waals surface area contributed by atoms with Crippen LogP contribution in [0.15, 0.2) is 30.3 Å². The van der Waals surface area contributed by atoms with Crippen LogP contribution >= 0.6 is 0 Å². The zero-order chi connectivity index (χ0) is 16.1. The van der Waals surface area contributed by atoms with Crippen molar-refractivity contribution in [1.29, 1.82) is 0 Å². The maximum absolute atomic E-state index is 12.6. The Balaban J connectivity index is 2.68. The highest BCUT2D eigenvalue weighted by molar-refractivity contribution is 5.79. The van der Waals surface area contributed by atoms with Crippen LogP contribution in [0.1, 0.15) is 53.5 Å². The monoisotopic (exact) mass is 289 g/mol. The summed E-state index contributed by atoms with van der Waals surface area (Å²) in [7, 11) is 0. The van der Waals surface area contributed by atoms with Gasteiger partial charge in [0.05, 0.1) is 0 Å². The standard InChI is InChI=1S/C19H31NO/c1-18(2,3)12-13-20-17(21)16(19(4,5)6)14-15-10-8-7-9-11-15/h7-11,16H,12-14H2,1-6H3,(H,20,21). The molecule has 21 heavy (non-hydrogen) atoms. The summed E-state index contributed by atoms with van der Waals surface area (Å²) < 4.78 is 0. The van der Waals surface area contributed by atoms with Crippen molar-refractivity contribution in [2.45, 2.75) is 54.4 Å². The van der Waals surface area contributed by atoms with Crippen molar-refractivity contribution in [1.82, 2.24) is 5.32 Å². The highest BCUT2D eigenvalue weighted by Crippen LogP contribution is 2.29. The second-order valence-electron chi connectivity index (χ2n) is 8.21. The second kappa shape index (κ2) is 7.11. The number of rotatable bonds is 5. The Bertz CT molecular complexity index is 437. The molecule has 1 aromatic carbocycles. The first-order valence-corrected chi connectivity index (χ1v) is 7.91. The van der Waals surface area contributed by atoms with E-state index in [1.165, 1.54) is 5.56 Å². The molecule has 0 spiro atoms. The molecule has 0 aliphatic heterocycles. The van der Waals surface area contributed by atoms with E-state index in [2.05, 4.69) is 59.0 Å². The summed E-state index contributed by atoms with van der Waals surface area (Å²) in [5.41, 5.74) is 1.44. The molecule has 0 heterocycles. The van der Waals surface area contributed by atoms with Crippen LogP contribution in [0.4, 0.5) is 0 Å². The summed E-state index contributed by atoms with van der Waals surface area (Å²) in [6.45, 7) is 13.8. The van der Waals surface area contributed by atoms with Crippen LogP contribution in [-0.4, -0.2) is 12.5 Å². The average molecular weight is 289 g/mol. The number of benzene rings is 1.